The lowest BCUT2D eigenvalue weighted by atomic mass is 10.1. The lowest BCUT2D eigenvalue weighted by molar-refractivity contribution is 0.0600. The monoisotopic (exact) mass is 367 g/mol. The Balaban J connectivity index is 1.68. The Morgan fingerprint density at radius 1 is 1.04 bits per heavy atom. The molecular weight excluding hydrogens is 342 g/mol. The fourth-order valence-corrected chi connectivity index (χ4v) is 3.25. The Morgan fingerprint density at radius 3 is 2.48 bits per heavy atom. The van der Waals surface area contributed by atoms with Crippen molar-refractivity contribution in [2.75, 3.05) is 25.2 Å². The van der Waals surface area contributed by atoms with Crippen molar-refractivity contribution in [3.8, 4) is 5.75 Å². The molecule has 2 aromatic rings. The van der Waals surface area contributed by atoms with E-state index in [1.54, 1.807) is 23.1 Å². The fourth-order valence-electron chi connectivity index (χ4n) is 3.25. The van der Waals surface area contributed by atoms with Gasteiger partial charge in [-0.15, -0.1) is 0 Å². The molecule has 1 aliphatic heterocycles. The predicted octanol–water partition coefficient (Wildman–Crippen LogP) is 4.25. The molecule has 27 heavy (non-hydrogen) atoms. The van der Waals surface area contributed by atoms with Gasteiger partial charge in [-0.3, -0.25) is 4.79 Å². The maximum atomic E-state index is 12.9. The molecule has 1 amide bonds. The largest absolute Gasteiger partial charge is 0.494 e. The Bertz CT molecular complexity index is 814. The molecule has 0 N–H and O–H groups in total. The maximum Gasteiger partial charge on any atom is 0.337 e. The van der Waals surface area contributed by atoms with E-state index in [1.807, 2.05) is 24.3 Å². The summed E-state index contributed by atoms with van der Waals surface area (Å²) in [7, 11) is 1.36. The van der Waals surface area contributed by atoms with Crippen molar-refractivity contribution in [3.05, 3.63) is 59.2 Å². The van der Waals surface area contributed by atoms with E-state index in [-0.39, 0.29) is 11.9 Å². The molecule has 5 nitrogen and oxygen atoms in total. The first-order valence-corrected chi connectivity index (χ1v) is 9.40. The molecule has 0 saturated heterocycles. The van der Waals surface area contributed by atoms with Crippen LogP contribution in [0.1, 0.15) is 52.5 Å². The van der Waals surface area contributed by atoms with Crippen molar-refractivity contribution in [1.29, 1.82) is 0 Å². The molecule has 0 atom stereocenters. The van der Waals surface area contributed by atoms with Crippen LogP contribution in [0.15, 0.2) is 42.5 Å². The van der Waals surface area contributed by atoms with Gasteiger partial charge in [0.05, 0.1) is 19.3 Å². The average molecular weight is 367 g/mol. The van der Waals surface area contributed by atoms with Crippen LogP contribution in [0, 0.1) is 0 Å². The zero-order valence-corrected chi connectivity index (χ0v) is 15.9. The SMILES string of the molecule is CCCCCOc1ccc(C(=O)N2CCc3cc(C(=O)OC)ccc32)cc1. The predicted molar refractivity (Wildman–Crippen MR) is 105 cm³/mol. The number of amides is 1. The number of ether oxygens (including phenoxy) is 2. The molecule has 1 heterocycles. The quantitative estimate of drug-likeness (QED) is 0.542. The third-order valence-electron chi connectivity index (χ3n) is 4.76. The first-order chi connectivity index (χ1) is 13.1. The highest BCUT2D eigenvalue weighted by Gasteiger charge is 2.26. The van der Waals surface area contributed by atoms with Crippen LogP contribution in [-0.2, 0) is 11.2 Å². The Kier molecular flexibility index (Phi) is 6.12. The summed E-state index contributed by atoms with van der Waals surface area (Å²) < 4.78 is 10.5. The second-order valence-electron chi connectivity index (χ2n) is 6.62. The summed E-state index contributed by atoms with van der Waals surface area (Å²) in [5.41, 5.74) is 2.98. The summed E-state index contributed by atoms with van der Waals surface area (Å²) in [5, 5.41) is 0. The number of anilines is 1. The van der Waals surface area contributed by atoms with Crippen molar-refractivity contribution in [1.82, 2.24) is 0 Å². The molecule has 0 fully saturated rings. The fraction of sp³-hybridized carbons (Fsp3) is 0.364. The normalized spacial score (nSPS) is 12.6. The first kappa shape index (κ1) is 19.0. The average Bonchev–Trinajstić information content (AvgIpc) is 3.13. The number of rotatable bonds is 7. The molecule has 0 unspecified atom stereocenters. The summed E-state index contributed by atoms with van der Waals surface area (Å²) in [6, 6.07) is 12.6. The highest BCUT2D eigenvalue weighted by atomic mass is 16.5. The zero-order valence-electron chi connectivity index (χ0n) is 15.9. The summed E-state index contributed by atoms with van der Waals surface area (Å²) in [6.07, 6.45) is 4.08. The Labute approximate surface area is 159 Å². The van der Waals surface area contributed by atoms with E-state index >= 15 is 0 Å². The molecule has 0 spiro atoms. The number of carbonyl (C=O) groups excluding carboxylic acids is 2. The van der Waals surface area contributed by atoms with Gasteiger partial charge in [-0.25, -0.2) is 4.79 Å². The first-order valence-electron chi connectivity index (χ1n) is 9.40. The van der Waals surface area contributed by atoms with E-state index in [1.165, 1.54) is 7.11 Å². The van der Waals surface area contributed by atoms with E-state index in [9.17, 15) is 9.59 Å². The number of esters is 1. The van der Waals surface area contributed by atoms with Gasteiger partial charge in [0, 0.05) is 17.8 Å². The number of benzene rings is 2. The molecule has 0 saturated carbocycles. The minimum absolute atomic E-state index is 0.0444. The summed E-state index contributed by atoms with van der Waals surface area (Å²) in [6.45, 7) is 3.46. The van der Waals surface area contributed by atoms with Crippen molar-refractivity contribution >= 4 is 17.6 Å². The van der Waals surface area contributed by atoms with E-state index in [2.05, 4.69) is 6.92 Å². The highest BCUT2D eigenvalue weighted by Crippen LogP contribution is 2.30. The number of nitrogens with zero attached hydrogens (tertiary/aromatic N) is 1. The van der Waals surface area contributed by atoms with Crippen molar-refractivity contribution in [2.24, 2.45) is 0 Å². The van der Waals surface area contributed by atoms with Gasteiger partial charge in [0.1, 0.15) is 5.75 Å². The van der Waals surface area contributed by atoms with Crippen LogP contribution in [0.2, 0.25) is 0 Å². The Morgan fingerprint density at radius 2 is 1.78 bits per heavy atom. The van der Waals surface area contributed by atoms with Crippen molar-refractivity contribution in [2.45, 2.75) is 32.6 Å². The third kappa shape index (κ3) is 4.30. The number of carbonyl (C=O) groups is 2. The minimum Gasteiger partial charge on any atom is -0.494 e. The molecular formula is C22H25NO4. The molecule has 5 heteroatoms. The van der Waals surface area contributed by atoms with Crippen LogP contribution in [-0.4, -0.2) is 32.1 Å². The number of hydrogen-bond acceptors (Lipinski definition) is 4. The van der Waals surface area contributed by atoms with Crippen molar-refractivity contribution in [3.63, 3.8) is 0 Å². The van der Waals surface area contributed by atoms with Crippen molar-refractivity contribution < 1.29 is 19.1 Å². The maximum absolute atomic E-state index is 12.9. The lowest BCUT2D eigenvalue weighted by Crippen LogP contribution is -2.28. The van der Waals surface area contributed by atoms with Crippen LogP contribution in [0.5, 0.6) is 5.75 Å². The van der Waals surface area contributed by atoms with Crippen LogP contribution in [0.25, 0.3) is 0 Å². The summed E-state index contributed by atoms with van der Waals surface area (Å²) in [4.78, 5) is 26.3. The van der Waals surface area contributed by atoms with Gasteiger partial charge in [-0.05, 0) is 60.9 Å². The molecule has 3 rings (SSSR count). The second-order valence-corrected chi connectivity index (χ2v) is 6.62. The molecule has 2 aromatic carbocycles. The van der Waals surface area contributed by atoms with E-state index in [4.69, 9.17) is 9.47 Å². The highest BCUT2D eigenvalue weighted by molar-refractivity contribution is 6.07. The van der Waals surface area contributed by atoms with Crippen LogP contribution < -0.4 is 9.64 Å². The second kappa shape index (κ2) is 8.71. The third-order valence-corrected chi connectivity index (χ3v) is 4.76. The van der Waals surface area contributed by atoms with Gasteiger partial charge in [0.2, 0.25) is 0 Å². The lowest BCUT2D eigenvalue weighted by Gasteiger charge is -2.18. The number of unbranched alkanes of at least 4 members (excludes halogenated alkanes) is 2. The van der Waals surface area contributed by atoms with E-state index in [0.717, 1.165) is 42.7 Å². The number of methoxy groups -OCH3 is 1. The van der Waals surface area contributed by atoms with Gasteiger partial charge >= 0.3 is 5.97 Å². The summed E-state index contributed by atoms with van der Waals surface area (Å²) >= 11 is 0. The zero-order chi connectivity index (χ0) is 19.2. The summed E-state index contributed by atoms with van der Waals surface area (Å²) in [5.74, 6) is 0.376. The molecule has 0 radical (unpaired) electrons. The Hall–Kier alpha value is -2.82. The standard InChI is InChI=1S/C22H25NO4/c1-3-4-5-14-27-19-9-6-16(7-10-19)21(24)23-13-12-17-15-18(22(25)26-2)8-11-20(17)23/h6-11,15H,3-5,12-14H2,1-2H3. The number of fused-ring (bicyclic) bond motifs is 1. The van der Waals surface area contributed by atoms with Gasteiger partial charge in [-0.1, -0.05) is 19.8 Å². The topological polar surface area (TPSA) is 55.8 Å². The van der Waals surface area contributed by atoms with E-state index in [0.29, 0.717) is 24.3 Å². The number of hydrogen-bond donors (Lipinski definition) is 0. The molecule has 0 bridgehead atoms. The molecule has 0 aliphatic carbocycles. The molecule has 1 aliphatic rings. The van der Waals surface area contributed by atoms with Gasteiger partial charge in [0.15, 0.2) is 0 Å². The van der Waals surface area contributed by atoms with Crippen LogP contribution >= 0.6 is 0 Å². The van der Waals surface area contributed by atoms with Crippen LogP contribution in [0.4, 0.5) is 5.69 Å². The van der Waals surface area contributed by atoms with Crippen LogP contribution in [0.3, 0.4) is 0 Å². The van der Waals surface area contributed by atoms with E-state index < -0.39 is 0 Å². The van der Waals surface area contributed by atoms with Gasteiger partial charge in [0.25, 0.3) is 5.91 Å². The molecule has 0 aromatic heterocycles. The van der Waals surface area contributed by atoms with Gasteiger partial charge in [-0.2, -0.15) is 0 Å². The smallest absolute Gasteiger partial charge is 0.337 e. The molecule has 142 valence electrons. The minimum atomic E-state index is -0.364. The van der Waals surface area contributed by atoms with Gasteiger partial charge < -0.3 is 14.4 Å².